The molecule has 204 valence electrons. The smallest absolute Gasteiger partial charge is 0.368 e. The fourth-order valence-corrected chi connectivity index (χ4v) is 5.65. The molecule has 3 heterocycles. The highest BCUT2D eigenvalue weighted by Crippen LogP contribution is 2.37. The second-order valence-corrected chi connectivity index (χ2v) is 11.0. The van der Waals surface area contributed by atoms with Gasteiger partial charge in [-0.2, -0.15) is 13.2 Å². The van der Waals surface area contributed by atoms with E-state index in [0.717, 1.165) is 82.8 Å². The summed E-state index contributed by atoms with van der Waals surface area (Å²) in [4.78, 5) is 24.3. The molecule has 9 heteroatoms. The fraction of sp³-hybridized carbons (Fsp3) is 0.571. The highest BCUT2D eigenvalue weighted by atomic mass is 32.2. The van der Waals surface area contributed by atoms with Gasteiger partial charge in [0.1, 0.15) is 0 Å². The van der Waals surface area contributed by atoms with E-state index in [1.54, 1.807) is 12.1 Å². The van der Waals surface area contributed by atoms with Crippen LogP contribution >= 0.6 is 11.8 Å². The van der Waals surface area contributed by atoms with Gasteiger partial charge < -0.3 is 9.80 Å². The number of pyridine rings is 1. The third-order valence-electron chi connectivity index (χ3n) is 7.05. The maximum atomic E-state index is 12.9. The zero-order valence-electron chi connectivity index (χ0n) is 20.8. The number of carbonyl (C=O) groups excluding carboxylic acids is 1. The molecule has 5 nitrogen and oxygen atoms in total. The molecular weight excluding hydrogens is 497 g/mol. The molecule has 1 aromatic heterocycles. The molecule has 37 heavy (non-hydrogen) atoms. The quantitative estimate of drug-likeness (QED) is 0.386. The Balaban J connectivity index is 0.00000380. The summed E-state index contributed by atoms with van der Waals surface area (Å²) in [5.74, 6) is 0.578. The van der Waals surface area contributed by atoms with Gasteiger partial charge in [-0.1, -0.05) is 19.6 Å². The van der Waals surface area contributed by atoms with Crippen LogP contribution in [0.3, 0.4) is 0 Å². The molecule has 0 saturated carbocycles. The first-order valence-electron chi connectivity index (χ1n) is 12.8. The second-order valence-electron chi connectivity index (χ2n) is 9.83. The number of aromatic nitrogens is 1. The average Bonchev–Trinajstić information content (AvgIpc) is 2.85. The molecule has 1 atom stereocenters. The Bertz CT molecular complexity index is 976. The molecular formula is C28H39F3N4OS. The van der Waals surface area contributed by atoms with Gasteiger partial charge in [0.05, 0.1) is 11.9 Å². The van der Waals surface area contributed by atoms with Gasteiger partial charge in [0, 0.05) is 56.3 Å². The number of piperidine rings is 1. The summed E-state index contributed by atoms with van der Waals surface area (Å²) in [7, 11) is 0. The molecule has 1 amide bonds. The van der Waals surface area contributed by atoms with Gasteiger partial charge in [-0.25, -0.2) is 0 Å². The van der Waals surface area contributed by atoms with Gasteiger partial charge in [-0.3, -0.25) is 14.7 Å². The van der Waals surface area contributed by atoms with E-state index < -0.39 is 5.51 Å². The number of amides is 1. The minimum absolute atomic E-state index is 0. The molecule has 0 bridgehead atoms. The van der Waals surface area contributed by atoms with Crippen molar-refractivity contribution in [2.75, 3.05) is 50.7 Å². The number of carbonyl (C=O) groups is 1. The van der Waals surface area contributed by atoms with Crippen LogP contribution in [0.1, 0.15) is 44.4 Å². The summed E-state index contributed by atoms with van der Waals surface area (Å²) < 4.78 is 37.6. The standard InChI is InChI=1S/C27H35F3N4OS.CH4/c1-21-6-9-24(19-31-21)33-16-14-32(15-17-33)12-3-5-26(35)34-13-2-4-23(20-34)18-22-7-10-25(11-8-22)36-27(28,29)30;/h6-11,19,23H,2-5,12-18,20H2,1H3;1H4/t23-;/m1./s1. The first kappa shape index (κ1) is 29.3. The first-order chi connectivity index (χ1) is 17.2. The topological polar surface area (TPSA) is 39.7 Å². The lowest BCUT2D eigenvalue weighted by Gasteiger charge is -2.36. The number of hydrogen-bond acceptors (Lipinski definition) is 5. The summed E-state index contributed by atoms with van der Waals surface area (Å²) in [6, 6.07) is 10.8. The summed E-state index contributed by atoms with van der Waals surface area (Å²) >= 11 is -0.0842. The number of anilines is 1. The van der Waals surface area contributed by atoms with E-state index in [9.17, 15) is 18.0 Å². The van der Waals surface area contributed by atoms with E-state index in [2.05, 4.69) is 20.9 Å². The molecule has 2 aliphatic rings. The van der Waals surface area contributed by atoms with E-state index in [0.29, 0.717) is 12.3 Å². The predicted octanol–water partition coefficient (Wildman–Crippen LogP) is 6.02. The van der Waals surface area contributed by atoms with Crippen LogP contribution in [0.4, 0.5) is 18.9 Å². The van der Waals surface area contributed by atoms with Crippen LogP contribution < -0.4 is 4.90 Å². The number of aryl methyl sites for hydroxylation is 1. The lowest BCUT2D eigenvalue weighted by molar-refractivity contribution is -0.133. The third-order valence-corrected chi connectivity index (χ3v) is 7.79. The summed E-state index contributed by atoms with van der Waals surface area (Å²) in [6.45, 7) is 8.41. The van der Waals surface area contributed by atoms with Gasteiger partial charge >= 0.3 is 5.51 Å². The largest absolute Gasteiger partial charge is 0.446 e. The number of benzene rings is 1. The maximum absolute atomic E-state index is 12.9. The van der Waals surface area contributed by atoms with Gasteiger partial charge in [0.2, 0.25) is 5.91 Å². The first-order valence-corrected chi connectivity index (χ1v) is 13.6. The van der Waals surface area contributed by atoms with Crippen LogP contribution in [0.15, 0.2) is 47.5 Å². The van der Waals surface area contributed by atoms with E-state index in [4.69, 9.17) is 0 Å². The lowest BCUT2D eigenvalue weighted by Crippen LogP contribution is -2.47. The van der Waals surface area contributed by atoms with Crippen molar-refractivity contribution in [1.29, 1.82) is 0 Å². The molecule has 4 rings (SSSR count). The summed E-state index contributed by atoms with van der Waals surface area (Å²) in [5.41, 5.74) is -1.04. The van der Waals surface area contributed by atoms with Crippen molar-refractivity contribution < 1.29 is 18.0 Å². The fourth-order valence-electron chi connectivity index (χ4n) is 5.11. The minimum Gasteiger partial charge on any atom is -0.368 e. The van der Waals surface area contributed by atoms with Crippen molar-refractivity contribution in [1.82, 2.24) is 14.8 Å². The highest BCUT2D eigenvalue weighted by Gasteiger charge is 2.29. The van der Waals surface area contributed by atoms with E-state index >= 15 is 0 Å². The van der Waals surface area contributed by atoms with Crippen molar-refractivity contribution in [3.8, 4) is 0 Å². The number of rotatable bonds is 8. The van der Waals surface area contributed by atoms with Gasteiger partial charge in [0.15, 0.2) is 0 Å². The Morgan fingerprint density at radius 2 is 1.78 bits per heavy atom. The molecule has 1 aromatic carbocycles. The zero-order valence-corrected chi connectivity index (χ0v) is 21.7. The average molecular weight is 537 g/mol. The van der Waals surface area contributed by atoms with Crippen LogP contribution in [0, 0.1) is 12.8 Å². The molecule has 2 saturated heterocycles. The predicted molar refractivity (Wildman–Crippen MR) is 145 cm³/mol. The normalized spacial score (nSPS) is 19.0. The number of thioether (sulfide) groups is 1. The number of alkyl halides is 3. The van der Waals surface area contributed by atoms with Crippen LogP contribution in [0.2, 0.25) is 0 Å². The van der Waals surface area contributed by atoms with Crippen LogP contribution in [-0.2, 0) is 11.2 Å². The monoisotopic (exact) mass is 536 g/mol. The van der Waals surface area contributed by atoms with Crippen LogP contribution in [0.25, 0.3) is 0 Å². The number of piperazine rings is 1. The maximum Gasteiger partial charge on any atom is 0.446 e. The molecule has 2 fully saturated rings. The number of likely N-dealkylation sites (tertiary alicyclic amines) is 1. The van der Waals surface area contributed by atoms with E-state index in [-0.39, 0.29) is 30.0 Å². The van der Waals surface area contributed by atoms with Gasteiger partial charge in [0.25, 0.3) is 0 Å². The third kappa shape index (κ3) is 9.21. The number of hydrogen-bond donors (Lipinski definition) is 0. The second kappa shape index (κ2) is 13.5. The Kier molecular flexibility index (Phi) is 10.7. The van der Waals surface area contributed by atoms with Crippen molar-refractivity contribution in [2.24, 2.45) is 5.92 Å². The lowest BCUT2D eigenvalue weighted by atomic mass is 9.91. The zero-order chi connectivity index (χ0) is 25.5. The molecule has 2 aliphatic heterocycles. The van der Waals surface area contributed by atoms with E-state index in [1.165, 1.54) is 17.8 Å². The number of nitrogens with zero attached hydrogens (tertiary/aromatic N) is 4. The van der Waals surface area contributed by atoms with Crippen LogP contribution in [0.5, 0.6) is 0 Å². The molecule has 0 spiro atoms. The molecule has 2 aromatic rings. The Morgan fingerprint density at radius 1 is 1.05 bits per heavy atom. The molecule has 0 N–H and O–H groups in total. The Morgan fingerprint density at radius 3 is 2.43 bits per heavy atom. The number of halogens is 3. The Labute approximate surface area is 223 Å². The van der Waals surface area contributed by atoms with Crippen molar-refractivity contribution >= 4 is 23.4 Å². The molecule has 0 unspecified atom stereocenters. The summed E-state index contributed by atoms with van der Waals surface area (Å²) in [6.07, 6.45) is 6.19. The highest BCUT2D eigenvalue weighted by molar-refractivity contribution is 8.00. The molecule has 0 radical (unpaired) electrons. The molecule has 0 aliphatic carbocycles. The van der Waals surface area contributed by atoms with E-state index in [1.807, 2.05) is 24.1 Å². The SMILES string of the molecule is C.Cc1ccc(N2CCN(CCCC(=O)N3CCC[C@H](Cc4ccc(SC(F)(F)F)cc4)C3)CC2)cn1. The van der Waals surface area contributed by atoms with Crippen molar-refractivity contribution in [3.63, 3.8) is 0 Å². The summed E-state index contributed by atoms with van der Waals surface area (Å²) in [5, 5.41) is 0. The van der Waals surface area contributed by atoms with Gasteiger partial charge in [-0.05, 0) is 86.7 Å². The van der Waals surface area contributed by atoms with Crippen molar-refractivity contribution in [2.45, 2.75) is 56.9 Å². The van der Waals surface area contributed by atoms with Crippen molar-refractivity contribution in [3.05, 3.63) is 53.9 Å². The van der Waals surface area contributed by atoms with Gasteiger partial charge in [-0.15, -0.1) is 0 Å². The van der Waals surface area contributed by atoms with Crippen LogP contribution in [-0.4, -0.2) is 72.0 Å². The minimum atomic E-state index is -4.26. The Hall–Kier alpha value is -2.26.